The summed E-state index contributed by atoms with van der Waals surface area (Å²) in [5.41, 5.74) is 0. The summed E-state index contributed by atoms with van der Waals surface area (Å²) < 4.78 is 0. The molecule has 0 radical (unpaired) electrons. The van der Waals surface area contributed by atoms with Crippen molar-refractivity contribution in [3.63, 3.8) is 0 Å². The van der Waals surface area contributed by atoms with E-state index in [1.807, 2.05) is 4.90 Å². The minimum atomic E-state index is -0.189. The molecule has 1 heterocycles. The number of nitrogens with zero attached hydrogens (tertiary/aromatic N) is 1. The van der Waals surface area contributed by atoms with Gasteiger partial charge >= 0.3 is 0 Å². The highest BCUT2D eigenvalue weighted by molar-refractivity contribution is 5.83. The van der Waals surface area contributed by atoms with Crippen LogP contribution in [0.1, 0.15) is 39.0 Å². The van der Waals surface area contributed by atoms with E-state index in [0.717, 1.165) is 51.7 Å². The lowest BCUT2D eigenvalue weighted by molar-refractivity contribution is -0.130. The Hall–Kier alpha value is -0.610. The molecule has 0 bridgehead atoms. The number of aliphatic hydroxyl groups excluding tert-OH is 1. The van der Waals surface area contributed by atoms with Crippen molar-refractivity contribution in [3.05, 3.63) is 0 Å². The number of hydrogen-bond acceptors (Lipinski definition) is 3. The smallest absolute Gasteiger partial charge is 0.239 e. The summed E-state index contributed by atoms with van der Waals surface area (Å²) in [6, 6.07) is 0.0218. The topological polar surface area (TPSA) is 52.6 Å². The fraction of sp³-hybridized carbons (Fsp3) is 0.923. The average Bonchev–Trinajstić information content (AvgIpc) is 2.86. The van der Waals surface area contributed by atoms with E-state index >= 15 is 0 Å². The van der Waals surface area contributed by atoms with Gasteiger partial charge in [0.1, 0.15) is 0 Å². The molecule has 1 aliphatic carbocycles. The molecule has 17 heavy (non-hydrogen) atoms. The van der Waals surface area contributed by atoms with Crippen molar-refractivity contribution >= 4 is 5.91 Å². The minimum Gasteiger partial charge on any atom is -0.393 e. The van der Waals surface area contributed by atoms with Crippen molar-refractivity contribution < 1.29 is 9.90 Å². The average molecular weight is 240 g/mol. The predicted molar refractivity (Wildman–Crippen MR) is 66.6 cm³/mol. The first-order valence-electron chi connectivity index (χ1n) is 6.92. The zero-order valence-corrected chi connectivity index (χ0v) is 10.7. The molecule has 0 aromatic carbocycles. The molecule has 1 aliphatic heterocycles. The highest BCUT2D eigenvalue weighted by atomic mass is 16.3. The van der Waals surface area contributed by atoms with Gasteiger partial charge in [0, 0.05) is 19.0 Å². The van der Waals surface area contributed by atoms with Crippen LogP contribution in [0.4, 0.5) is 0 Å². The molecule has 0 spiro atoms. The Kier molecular flexibility index (Phi) is 4.40. The summed E-state index contributed by atoms with van der Waals surface area (Å²) in [6.45, 7) is 4.63. The number of carbonyl (C=O) groups excluding carboxylic acids is 1. The molecule has 3 atom stereocenters. The van der Waals surface area contributed by atoms with E-state index in [1.54, 1.807) is 0 Å². The highest BCUT2D eigenvalue weighted by Crippen LogP contribution is 2.27. The quantitative estimate of drug-likeness (QED) is 0.745. The Morgan fingerprint density at radius 1 is 1.41 bits per heavy atom. The van der Waals surface area contributed by atoms with Crippen LogP contribution in [-0.2, 0) is 4.79 Å². The Labute approximate surface area is 103 Å². The predicted octanol–water partition coefficient (Wildman–Crippen LogP) is 0.748. The van der Waals surface area contributed by atoms with Crippen molar-refractivity contribution in [2.75, 3.05) is 19.6 Å². The van der Waals surface area contributed by atoms with Crippen molar-refractivity contribution in [3.8, 4) is 0 Å². The molecule has 1 saturated carbocycles. The van der Waals surface area contributed by atoms with E-state index in [-0.39, 0.29) is 18.1 Å². The maximum absolute atomic E-state index is 12.1. The summed E-state index contributed by atoms with van der Waals surface area (Å²) in [6.07, 6.45) is 4.87. The molecule has 1 saturated heterocycles. The first-order valence-corrected chi connectivity index (χ1v) is 6.92. The number of amides is 1. The van der Waals surface area contributed by atoms with Gasteiger partial charge in [-0.25, -0.2) is 0 Å². The first-order chi connectivity index (χ1) is 8.22. The van der Waals surface area contributed by atoms with E-state index in [9.17, 15) is 9.90 Å². The fourth-order valence-corrected chi connectivity index (χ4v) is 2.94. The van der Waals surface area contributed by atoms with Crippen LogP contribution in [0.15, 0.2) is 0 Å². The van der Waals surface area contributed by atoms with Gasteiger partial charge in [0.15, 0.2) is 0 Å². The molecule has 2 aliphatic rings. The summed E-state index contributed by atoms with van der Waals surface area (Å²) in [5.74, 6) is 0.543. The lowest BCUT2D eigenvalue weighted by atomic mass is 10.1. The lowest BCUT2D eigenvalue weighted by Crippen LogP contribution is -2.41. The standard InChI is InChI=1S/C13H24N2O2/c1-2-7-14-11-6-8-15(13(11)17)9-10-4-3-5-12(10)16/h10-12,14,16H,2-9H2,1H3. The number of nitrogens with one attached hydrogen (secondary N) is 1. The molecule has 2 rings (SSSR count). The normalized spacial score (nSPS) is 33.6. The third kappa shape index (κ3) is 2.99. The summed E-state index contributed by atoms with van der Waals surface area (Å²) in [5, 5.41) is 13.1. The number of hydrogen-bond donors (Lipinski definition) is 2. The second kappa shape index (κ2) is 5.83. The molecule has 0 aromatic rings. The zero-order valence-electron chi connectivity index (χ0n) is 10.7. The minimum absolute atomic E-state index is 0.0218. The van der Waals surface area contributed by atoms with Crippen LogP contribution in [0.5, 0.6) is 0 Å². The largest absolute Gasteiger partial charge is 0.393 e. The lowest BCUT2D eigenvalue weighted by Gasteiger charge is -2.23. The summed E-state index contributed by atoms with van der Waals surface area (Å²) in [4.78, 5) is 14.0. The van der Waals surface area contributed by atoms with E-state index in [4.69, 9.17) is 0 Å². The van der Waals surface area contributed by atoms with E-state index < -0.39 is 0 Å². The van der Waals surface area contributed by atoms with Crippen LogP contribution in [0.3, 0.4) is 0 Å². The third-order valence-electron chi connectivity index (χ3n) is 4.01. The molecular weight excluding hydrogens is 216 g/mol. The van der Waals surface area contributed by atoms with E-state index in [1.165, 1.54) is 0 Å². The van der Waals surface area contributed by atoms with Gasteiger partial charge in [0.2, 0.25) is 5.91 Å². The molecule has 4 heteroatoms. The first kappa shape index (κ1) is 12.8. The van der Waals surface area contributed by atoms with Crippen LogP contribution in [-0.4, -0.2) is 47.7 Å². The van der Waals surface area contributed by atoms with E-state index in [0.29, 0.717) is 5.92 Å². The third-order valence-corrected chi connectivity index (χ3v) is 4.01. The maximum atomic E-state index is 12.1. The fourth-order valence-electron chi connectivity index (χ4n) is 2.94. The van der Waals surface area contributed by atoms with Crippen LogP contribution in [0.25, 0.3) is 0 Å². The second-order valence-corrected chi connectivity index (χ2v) is 5.34. The number of likely N-dealkylation sites (tertiary alicyclic amines) is 1. The molecule has 1 amide bonds. The number of rotatable bonds is 5. The highest BCUT2D eigenvalue weighted by Gasteiger charge is 2.35. The van der Waals surface area contributed by atoms with Gasteiger partial charge in [-0.05, 0) is 32.2 Å². The van der Waals surface area contributed by atoms with Gasteiger partial charge in [-0.1, -0.05) is 13.3 Å². The Morgan fingerprint density at radius 2 is 2.24 bits per heavy atom. The van der Waals surface area contributed by atoms with Gasteiger partial charge < -0.3 is 15.3 Å². The summed E-state index contributed by atoms with van der Waals surface area (Å²) >= 11 is 0. The molecule has 2 fully saturated rings. The van der Waals surface area contributed by atoms with Gasteiger partial charge in [-0.3, -0.25) is 4.79 Å². The second-order valence-electron chi connectivity index (χ2n) is 5.34. The van der Waals surface area contributed by atoms with Gasteiger partial charge in [-0.2, -0.15) is 0 Å². The molecule has 0 aromatic heterocycles. The van der Waals surface area contributed by atoms with Crippen LogP contribution < -0.4 is 5.32 Å². The molecular formula is C13H24N2O2. The zero-order chi connectivity index (χ0) is 12.3. The SMILES string of the molecule is CCCNC1CCN(CC2CCCC2O)C1=O. The van der Waals surface area contributed by atoms with Crippen molar-refractivity contribution in [2.24, 2.45) is 5.92 Å². The van der Waals surface area contributed by atoms with Crippen molar-refractivity contribution in [1.82, 2.24) is 10.2 Å². The Balaban J connectivity index is 1.80. The van der Waals surface area contributed by atoms with Crippen LogP contribution >= 0.6 is 0 Å². The Morgan fingerprint density at radius 3 is 2.88 bits per heavy atom. The molecule has 3 unspecified atom stereocenters. The van der Waals surface area contributed by atoms with Gasteiger partial charge in [0.25, 0.3) is 0 Å². The van der Waals surface area contributed by atoms with Crippen molar-refractivity contribution in [2.45, 2.75) is 51.2 Å². The van der Waals surface area contributed by atoms with Crippen LogP contribution in [0.2, 0.25) is 0 Å². The monoisotopic (exact) mass is 240 g/mol. The van der Waals surface area contributed by atoms with Gasteiger partial charge in [0.05, 0.1) is 12.1 Å². The molecule has 98 valence electrons. The van der Waals surface area contributed by atoms with Crippen LogP contribution in [0, 0.1) is 5.92 Å². The molecule has 2 N–H and O–H groups in total. The molecule has 4 nitrogen and oxygen atoms in total. The van der Waals surface area contributed by atoms with E-state index in [2.05, 4.69) is 12.2 Å². The summed E-state index contributed by atoms with van der Waals surface area (Å²) in [7, 11) is 0. The number of carbonyl (C=O) groups is 1. The van der Waals surface area contributed by atoms with Crippen molar-refractivity contribution in [1.29, 1.82) is 0 Å². The number of aliphatic hydroxyl groups is 1. The maximum Gasteiger partial charge on any atom is 0.239 e. The Bertz CT molecular complexity index is 270. The van der Waals surface area contributed by atoms with Gasteiger partial charge in [-0.15, -0.1) is 0 Å².